The molecule has 5 saturated carbocycles. The first-order valence-corrected chi connectivity index (χ1v) is 17.2. The molecular formula is C36H49NO12. The predicted octanol–water partition coefficient (Wildman–Crippen LogP) is 1.22. The fourth-order valence-electron chi connectivity index (χ4n) is 12.7. The van der Waals surface area contributed by atoms with Crippen LogP contribution in [0.2, 0.25) is 0 Å². The molecule has 1 unspecified atom stereocenters. The summed E-state index contributed by atoms with van der Waals surface area (Å²) in [5.41, 5.74) is -4.92. The Morgan fingerprint density at radius 1 is 0.918 bits per heavy atom. The van der Waals surface area contributed by atoms with Crippen molar-refractivity contribution in [2.45, 2.75) is 87.5 Å². The summed E-state index contributed by atoms with van der Waals surface area (Å²) < 4.78 is 43.9. The van der Waals surface area contributed by atoms with E-state index < -0.39 is 100 Å². The van der Waals surface area contributed by atoms with Gasteiger partial charge in [-0.1, -0.05) is 25.1 Å². The lowest BCUT2D eigenvalue weighted by Crippen LogP contribution is -2.81. The molecule has 1 aromatic rings. The van der Waals surface area contributed by atoms with Crippen molar-refractivity contribution in [2.75, 3.05) is 48.1 Å². The molecule has 49 heavy (non-hydrogen) atoms. The molecule has 2 N–H and O–H groups in total. The molecule has 1 spiro atoms. The minimum Gasteiger partial charge on any atom is -0.462 e. The fourth-order valence-corrected chi connectivity index (χ4v) is 12.7. The number of hydrogen-bond donors (Lipinski definition) is 2. The number of piperidine rings is 1. The number of carbonyl (C=O) groups is 3. The Labute approximate surface area is 286 Å². The van der Waals surface area contributed by atoms with Crippen LogP contribution in [0.25, 0.3) is 0 Å². The third-order valence-electron chi connectivity index (χ3n) is 13.4. The molecule has 1 aromatic carbocycles. The van der Waals surface area contributed by atoms with E-state index in [2.05, 4.69) is 4.90 Å². The van der Waals surface area contributed by atoms with Gasteiger partial charge in [0.15, 0.2) is 5.60 Å². The fraction of sp³-hybridized carbons (Fsp3) is 0.750. The highest BCUT2D eigenvalue weighted by molar-refractivity contribution is 5.89. The van der Waals surface area contributed by atoms with Gasteiger partial charge < -0.3 is 43.4 Å². The minimum atomic E-state index is -1.86. The summed E-state index contributed by atoms with van der Waals surface area (Å²) in [4.78, 5) is 42.2. The molecule has 270 valence electrons. The average molecular weight is 688 g/mol. The summed E-state index contributed by atoms with van der Waals surface area (Å²) in [6.45, 7) is 5.99. The number of hydrogen-bond acceptors (Lipinski definition) is 13. The van der Waals surface area contributed by atoms with Crippen LogP contribution in [0.1, 0.15) is 44.0 Å². The summed E-state index contributed by atoms with van der Waals surface area (Å²) in [7, 11) is 6.25. The highest BCUT2D eigenvalue weighted by atomic mass is 16.6. The van der Waals surface area contributed by atoms with E-state index in [1.807, 2.05) is 6.92 Å². The van der Waals surface area contributed by atoms with Crippen LogP contribution >= 0.6 is 0 Å². The Bertz CT molecular complexity index is 1480. The van der Waals surface area contributed by atoms with E-state index in [1.165, 1.54) is 21.0 Å². The number of ether oxygens (including phenoxy) is 7. The van der Waals surface area contributed by atoms with Crippen molar-refractivity contribution in [2.24, 2.45) is 34.5 Å². The molecule has 13 nitrogen and oxygen atoms in total. The summed E-state index contributed by atoms with van der Waals surface area (Å²) >= 11 is 0. The molecule has 6 aliphatic rings. The maximum absolute atomic E-state index is 13.8. The van der Waals surface area contributed by atoms with Crippen molar-refractivity contribution in [3.8, 4) is 0 Å². The number of fused-ring (bicyclic) bond motifs is 2. The van der Waals surface area contributed by atoms with Gasteiger partial charge in [0.1, 0.15) is 30.0 Å². The summed E-state index contributed by atoms with van der Waals surface area (Å²) in [5.74, 6) is -4.24. The quantitative estimate of drug-likeness (QED) is 0.267. The maximum atomic E-state index is 13.8. The predicted molar refractivity (Wildman–Crippen MR) is 170 cm³/mol. The first-order chi connectivity index (χ1) is 23.4. The van der Waals surface area contributed by atoms with E-state index in [-0.39, 0.29) is 24.6 Å². The van der Waals surface area contributed by atoms with Crippen LogP contribution in [0.15, 0.2) is 30.3 Å². The Morgan fingerprint density at radius 3 is 2.20 bits per heavy atom. The van der Waals surface area contributed by atoms with Crippen LogP contribution in [0.4, 0.5) is 0 Å². The summed E-state index contributed by atoms with van der Waals surface area (Å²) in [6.07, 6.45) is -5.45. The number of methoxy groups -OCH3 is 4. The highest BCUT2D eigenvalue weighted by Crippen LogP contribution is 2.80. The number of esters is 3. The second-order valence-electron chi connectivity index (χ2n) is 15.0. The lowest BCUT2D eigenvalue weighted by Gasteiger charge is -2.70. The molecule has 15 atom stereocenters. The van der Waals surface area contributed by atoms with Crippen LogP contribution < -0.4 is 0 Å². The number of aliphatic hydroxyl groups excluding tert-OH is 1. The molecule has 5 aliphatic carbocycles. The number of carbonyl (C=O) groups excluding carboxylic acids is 3. The van der Waals surface area contributed by atoms with E-state index in [0.29, 0.717) is 19.5 Å². The zero-order valence-electron chi connectivity index (χ0n) is 29.2. The zero-order chi connectivity index (χ0) is 35.3. The number of nitrogens with zero attached hydrogens (tertiary/aromatic N) is 1. The molecule has 1 aliphatic heterocycles. The third-order valence-corrected chi connectivity index (χ3v) is 13.4. The average Bonchev–Trinajstić information content (AvgIpc) is 3.44. The van der Waals surface area contributed by atoms with Crippen LogP contribution in [-0.4, -0.2) is 135 Å². The van der Waals surface area contributed by atoms with E-state index in [1.54, 1.807) is 51.7 Å². The lowest BCUT2D eigenvalue weighted by atomic mass is 9.42. The SMILES string of the molecule is CCN1C[C@@]2(COC)[C@H]3[C@@H](OC)C4[C@@H]1[C@]3([C@@H](OC)C[C@H]2OC(C)=O)[C@@H]1C[C@@]2(O)[C@H](OC(=O)c3ccccc3)[C@@H]1[C@]4(OC(C)=O)[C@@H](O)[C@@H]2OC. The first kappa shape index (κ1) is 34.8. The van der Waals surface area contributed by atoms with Gasteiger partial charge in [-0.25, -0.2) is 4.79 Å². The summed E-state index contributed by atoms with van der Waals surface area (Å²) in [5, 5.41) is 25.5. The van der Waals surface area contributed by atoms with Crippen molar-refractivity contribution >= 4 is 17.9 Å². The molecule has 7 rings (SSSR count). The van der Waals surface area contributed by atoms with Crippen molar-refractivity contribution in [3.63, 3.8) is 0 Å². The molecule has 0 amide bonds. The Morgan fingerprint density at radius 2 is 1.63 bits per heavy atom. The van der Waals surface area contributed by atoms with Crippen molar-refractivity contribution in [1.82, 2.24) is 4.90 Å². The van der Waals surface area contributed by atoms with Crippen molar-refractivity contribution < 1.29 is 57.8 Å². The smallest absolute Gasteiger partial charge is 0.338 e. The largest absolute Gasteiger partial charge is 0.462 e. The van der Waals surface area contributed by atoms with Gasteiger partial charge in [0.2, 0.25) is 0 Å². The van der Waals surface area contributed by atoms with Gasteiger partial charge in [0, 0.05) is 89.9 Å². The normalized spacial score (nSPS) is 47.4. The molecular weight excluding hydrogens is 638 g/mol. The first-order valence-electron chi connectivity index (χ1n) is 17.2. The number of aliphatic hydroxyl groups is 2. The lowest BCUT2D eigenvalue weighted by molar-refractivity contribution is -0.322. The van der Waals surface area contributed by atoms with Crippen LogP contribution in [0.5, 0.6) is 0 Å². The van der Waals surface area contributed by atoms with Gasteiger partial charge in [-0.05, 0) is 31.0 Å². The zero-order valence-corrected chi connectivity index (χ0v) is 29.2. The monoisotopic (exact) mass is 687 g/mol. The number of likely N-dealkylation sites (tertiary alicyclic amines) is 1. The van der Waals surface area contributed by atoms with Gasteiger partial charge in [-0.3, -0.25) is 14.5 Å². The maximum Gasteiger partial charge on any atom is 0.338 e. The molecule has 0 radical (unpaired) electrons. The van der Waals surface area contributed by atoms with Crippen molar-refractivity contribution in [1.29, 1.82) is 0 Å². The van der Waals surface area contributed by atoms with Gasteiger partial charge >= 0.3 is 17.9 Å². The van der Waals surface area contributed by atoms with E-state index in [4.69, 9.17) is 33.2 Å². The second-order valence-corrected chi connectivity index (χ2v) is 15.0. The van der Waals surface area contributed by atoms with Crippen molar-refractivity contribution in [3.05, 3.63) is 35.9 Å². The molecule has 7 bridgehead atoms. The second kappa shape index (κ2) is 12.0. The van der Waals surface area contributed by atoms with Crippen LogP contribution in [0, 0.1) is 34.5 Å². The molecule has 6 fully saturated rings. The third kappa shape index (κ3) is 4.21. The minimum absolute atomic E-state index is 0.0534. The summed E-state index contributed by atoms with van der Waals surface area (Å²) in [6, 6.07) is 8.12. The van der Waals surface area contributed by atoms with Gasteiger partial charge in [0.05, 0.1) is 24.4 Å². The Hall–Kier alpha value is -2.65. The molecule has 0 aromatic heterocycles. The van der Waals surface area contributed by atoms with Gasteiger partial charge in [0.25, 0.3) is 0 Å². The topological polar surface area (TPSA) is 160 Å². The number of benzene rings is 1. The molecule has 1 saturated heterocycles. The van der Waals surface area contributed by atoms with E-state index in [9.17, 15) is 24.6 Å². The standard InChI is InChI=1S/C36H49NO12/c1-8-37-16-33(17-43-4)22(47-18(2)38)14-23(44-5)35-21-15-34(42)30(48-32(41)20-12-10-9-11-13-20)24(21)36(49-19(3)39,29(40)31(34)46-7)25(28(35)37)26(45-6)27(33)35/h9-13,21-31,40,42H,8,14-17H2,1-7H3/t21-,22-,23+,24-,25?,26+,27-,28-,29+,30-,31+,33+,34-,35+,36-/m1/s1. The highest BCUT2D eigenvalue weighted by Gasteiger charge is 2.92. The van der Waals surface area contributed by atoms with Gasteiger partial charge in [-0.2, -0.15) is 0 Å². The molecule has 13 heteroatoms. The van der Waals surface area contributed by atoms with Crippen LogP contribution in [-0.2, 0) is 42.7 Å². The molecule has 1 heterocycles. The Balaban J connectivity index is 1.53. The Kier molecular flexibility index (Phi) is 8.49. The van der Waals surface area contributed by atoms with Gasteiger partial charge in [-0.15, -0.1) is 0 Å². The van der Waals surface area contributed by atoms with Crippen LogP contribution in [0.3, 0.4) is 0 Å². The number of rotatable bonds is 10. The van der Waals surface area contributed by atoms with E-state index >= 15 is 0 Å². The van der Waals surface area contributed by atoms with E-state index in [0.717, 1.165) is 0 Å².